The fraction of sp³-hybridized carbons (Fsp3) is 0.450. The zero-order valence-electron chi connectivity index (χ0n) is 15.7. The lowest BCUT2D eigenvalue weighted by atomic mass is 10.1. The van der Waals surface area contributed by atoms with Crippen LogP contribution in [0.2, 0.25) is 0 Å². The number of thiophene rings is 1. The molecule has 5 nitrogen and oxygen atoms in total. The van der Waals surface area contributed by atoms with Crippen molar-refractivity contribution in [2.24, 2.45) is 0 Å². The van der Waals surface area contributed by atoms with Gasteiger partial charge in [-0.15, -0.1) is 23.7 Å². The highest BCUT2D eigenvalue weighted by Gasteiger charge is 2.24. The van der Waals surface area contributed by atoms with Crippen LogP contribution in [0.15, 0.2) is 41.8 Å². The van der Waals surface area contributed by atoms with Crippen molar-refractivity contribution in [3.63, 3.8) is 0 Å². The zero-order chi connectivity index (χ0) is 18.4. The quantitative estimate of drug-likeness (QED) is 0.755. The van der Waals surface area contributed by atoms with Gasteiger partial charge in [0.1, 0.15) is 5.75 Å². The van der Waals surface area contributed by atoms with E-state index in [2.05, 4.69) is 27.7 Å². The van der Waals surface area contributed by atoms with E-state index < -0.39 is 0 Å². The Labute approximate surface area is 171 Å². The van der Waals surface area contributed by atoms with E-state index in [1.54, 1.807) is 11.3 Å². The van der Waals surface area contributed by atoms with Crippen molar-refractivity contribution in [2.75, 3.05) is 32.8 Å². The maximum absolute atomic E-state index is 12.5. The normalized spacial score (nSPS) is 15.8. The van der Waals surface area contributed by atoms with Crippen molar-refractivity contribution in [3.8, 4) is 5.75 Å². The molecule has 1 aliphatic heterocycles. The molecule has 0 bridgehead atoms. The highest BCUT2D eigenvalue weighted by molar-refractivity contribution is 7.10. The van der Waals surface area contributed by atoms with E-state index in [-0.39, 0.29) is 30.5 Å². The number of halogens is 1. The largest absolute Gasteiger partial charge is 0.491 e. The lowest BCUT2D eigenvalue weighted by Crippen LogP contribution is -2.43. The second-order valence-electron chi connectivity index (χ2n) is 6.58. The molecule has 1 saturated heterocycles. The second-order valence-corrected chi connectivity index (χ2v) is 7.56. The number of rotatable bonds is 7. The number of benzene rings is 1. The summed E-state index contributed by atoms with van der Waals surface area (Å²) in [6, 6.07) is 11.7. The van der Waals surface area contributed by atoms with Gasteiger partial charge in [0, 0.05) is 30.1 Å². The minimum Gasteiger partial charge on any atom is -0.491 e. The highest BCUT2D eigenvalue weighted by Crippen LogP contribution is 2.25. The number of hydrogen-bond donors (Lipinski definition) is 1. The Kier molecular flexibility index (Phi) is 8.57. The molecule has 1 aromatic heterocycles. The first-order chi connectivity index (χ1) is 12.6. The van der Waals surface area contributed by atoms with Crippen LogP contribution >= 0.6 is 23.7 Å². The minimum atomic E-state index is -0.0593. The van der Waals surface area contributed by atoms with E-state index >= 15 is 0 Å². The van der Waals surface area contributed by atoms with Crippen LogP contribution in [-0.4, -0.2) is 49.8 Å². The maximum atomic E-state index is 12.5. The van der Waals surface area contributed by atoms with Crippen LogP contribution in [0.1, 0.15) is 35.1 Å². The number of carbonyl (C=O) groups excluding carboxylic acids is 1. The van der Waals surface area contributed by atoms with Gasteiger partial charge in [-0.05, 0) is 49.6 Å². The van der Waals surface area contributed by atoms with Gasteiger partial charge >= 0.3 is 0 Å². The van der Waals surface area contributed by atoms with Crippen molar-refractivity contribution in [2.45, 2.75) is 26.0 Å². The summed E-state index contributed by atoms with van der Waals surface area (Å²) in [5, 5.41) is 5.17. The standard InChI is InChI=1S/C20H26N2O3S.ClH/c1-15(2)25-17-7-5-16(6-8-17)20(23)21-14-18(19-4-3-13-26-19)22-9-11-24-12-10-22;/h3-8,13,15,18H,9-12,14H2,1-2H3,(H,21,23);1H. The van der Waals surface area contributed by atoms with E-state index in [0.29, 0.717) is 12.1 Å². The molecule has 0 radical (unpaired) electrons. The Hall–Kier alpha value is -1.60. The van der Waals surface area contributed by atoms with Gasteiger partial charge in [-0.1, -0.05) is 6.07 Å². The molecule has 0 spiro atoms. The minimum absolute atomic E-state index is 0. The Bertz CT molecular complexity index is 686. The molecule has 3 rings (SSSR count). The molecule has 2 heterocycles. The fourth-order valence-corrected chi connectivity index (χ4v) is 3.89. The number of ether oxygens (including phenoxy) is 2. The van der Waals surface area contributed by atoms with Gasteiger partial charge in [0.25, 0.3) is 5.91 Å². The number of nitrogens with one attached hydrogen (secondary N) is 1. The number of carbonyl (C=O) groups is 1. The maximum Gasteiger partial charge on any atom is 0.251 e. The van der Waals surface area contributed by atoms with Gasteiger partial charge in [-0.3, -0.25) is 9.69 Å². The monoisotopic (exact) mass is 410 g/mol. The molecule has 1 aliphatic rings. The molecule has 1 atom stereocenters. The molecule has 1 aromatic carbocycles. The predicted octanol–water partition coefficient (Wildman–Crippen LogP) is 3.76. The first kappa shape index (κ1) is 21.7. The van der Waals surface area contributed by atoms with E-state index in [4.69, 9.17) is 9.47 Å². The van der Waals surface area contributed by atoms with Crippen molar-refractivity contribution < 1.29 is 14.3 Å². The molecule has 7 heteroatoms. The molecule has 1 fully saturated rings. The molecule has 1 unspecified atom stereocenters. The summed E-state index contributed by atoms with van der Waals surface area (Å²) in [5.41, 5.74) is 0.646. The number of nitrogens with zero attached hydrogens (tertiary/aromatic N) is 1. The average Bonchev–Trinajstić information content (AvgIpc) is 3.17. The third kappa shape index (κ3) is 6.21. The van der Waals surface area contributed by atoms with Crippen LogP contribution in [-0.2, 0) is 4.74 Å². The molecule has 148 valence electrons. The second kappa shape index (κ2) is 10.7. The summed E-state index contributed by atoms with van der Waals surface area (Å²) < 4.78 is 11.1. The summed E-state index contributed by atoms with van der Waals surface area (Å²) in [5.74, 6) is 0.720. The molecule has 0 saturated carbocycles. The highest BCUT2D eigenvalue weighted by atomic mass is 35.5. The van der Waals surface area contributed by atoms with Crippen molar-refractivity contribution in [1.82, 2.24) is 10.2 Å². The molecule has 27 heavy (non-hydrogen) atoms. The van der Waals surface area contributed by atoms with Crippen LogP contribution in [0.25, 0.3) is 0 Å². The van der Waals surface area contributed by atoms with Crippen molar-refractivity contribution in [1.29, 1.82) is 0 Å². The molecule has 0 aliphatic carbocycles. The SMILES string of the molecule is CC(C)Oc1ccc(C(=O)NCC(c2cccs2)N2CCOCC2)cc1.Cl. The van der Waals surface area contributed by atoms with E-state index in [1.165, 1.54) is 4.88 Å². The van der Waals surface area contributed by atoms with Gasteiger partial charge in [0.05, 0.1) is 25.4 Å². The fourth-order valence-electron chi connectivity index (χ4n) is 3.03. The Morgan fingerprint density at radius 2 is 1.93 bits per heavy atom. The Morgan fingerprint density at radius 1 is 1.22 bits per heavy atom. The van der Waals surface area contributed by atoms with Crippen LogP contribution in [0, 0.1) is 0 Å². The summed E-state index contributed by atoms with van der Waals surface area (Å²) in [6.07, 6.45) is 0.120. The molecule has 2 aromatic rings. The van der Waals surface area contributed by atoms with Crippen molar-refractivity contribution in [3.05, 3.63) is 52.2 Å². The zero-order valence-corrected chi connectivity index (χ0v) is 17.4. The molecule has 1 amide bonds. The van der Waals surface area contributed by atoms with Gasteiger partial charge in [0.2, 0.25) is 0 Å². The van der Waals surface area contributed by atoms with Gasteiger partial charge in [-0.25, -0.2) is 0 Å². The van der Waals surface area contributed by atoms with Crippen LogP contribution < -0.4 is 10.1 Å². The third-order valence-electron chi connectivity index (χ3n) is 4.30. The topological polar surface area (TPSA) is 50.8 Å². The Morgan fingerprint density at radius 3 is 2.52 bits per heavy atom. The summed E-state index contributed by atoms with van der Waals surface area (Å²) in [6.45, 7) is 7.82. The summed E-state index contributed by atoms with van der Waals surface area (Å²) in [4.78, 5) is 16.2. The smallest absolute Gasteiger partial charge is 0.251 e. The lowest BCUT2D eigenvalue weighted by Gasteiger charge is -2.34. The first-order valence-electron chi connectivity index (χ1n) is 9.03. The lowest BCUT2D eigenvalue weighted by molar-refractivity contribution is 0.0169. The van der Waals surface area contributed by atoms with E-state index in [9.17, 15) is 4.79 Å². The first-order valence-corrected chi connectivity index (χ1v) is 9.91. The molecular weight excluding hydrogens is 384 g/mol. The summed E-state index contributed by atoms with van der Waals surface area (Å²) in [7, 11) is 0. The van der Waals surface area contributed by atoms with Gasteiger partial charge < -0.3 is 14.8 Å². The van der Waals surface area contributed by atoms with Crippen LogP contribution in [0.5, 0.6) is 5.75 Å². The van der Waals surface area contributed by atoms with E-state index in [0.717, 1.165) is 32.1 Å². The van der Waals surface area contributed by atoms with Gasteiger partial charge in [0.15, 0.2) is 0 Å². The Balaban J connectivity index is 0.00000261. The van der Waals surface area contributed by atoms with Gasteiger partial charge in [-0.2, -0.15) is 0 Å². The number of hydrogen-bond acceptors (Lipinski definition) is 5. The van der Waals surface area contributed by atoms with Crippen LogP contribution in [0.3, 0.4) is 0 Å². The van der Waals surface area contributed by atoms with Crippen molar-refractivity contribution >= 4 is 29.7 Å². The molecule has 1 N–H and O–H groups in total. The predicted molar refractivity (Wildman–Crippen MR) is 111 cm³/mol. The molecular formula is C20H27ClN2O3S. The number of morpholine rings is 1. The van der Waals surface area contributed by atoms with Crippen LogP contribution in [0.4, 0.5) is 0 Å². The van der Waals surface area contributed by atoms with E-state index in [1.807, 2.05) is 38.1 Å². The number of amides is 1. The summed E-state index contributed by atoms with van der Waals surface area (Å²) >= 11 is 1.73. The average molecular weight is 411 g/mol. The third-order valence-corrected chi connectivity index (χ3v) is 5.28.